The van der Waals surface area contributed by atoms with E-state index in [1.807, 2.05) is 5.32 Å². The second-order valence-electron chi connectivity index (χ2n) is 26.2. The molecule has 43 heteroatoms. The molecule has 0 spiro atoms. The predicted molar refractivity (Wildman–Crippen MR) is 365 cm³/mol. The molecule has 43 nitrogen and oxygen atoms in total. The van der Waals surface area contributed by atoms with Gasteiger partial charge in [-0.05, 0) is 81.5 Å². The Labute approximate surface area is 603 Å². The Morgan fingerprint density at radius 1 is 0.352 bits per heavy atom. The van der Waals surface area contributed by atoms with Crippen LogP contribution in [-0.2, 0) is 91.1 Å². The number of carboxylic acid groups (broad SMARTS) is 5. The molecule has 0 aliphatic heterocycles. The average Bonchev–Trinajstić information content (AvgIpc) is 0.853. The quantitative estimate of drug-likeness (QED) is 0.0153. The molecule has 0 saturated heterocycles. The molecule has 0 fully saturated rings. The SMILES string of the molecule is CC(C)C[C@H](NC(=O)[C@H](CC(=O)O)NC(=O)[C@H](CC(C)C)NC(=O)[C@H](CCC(N)=O)NC(=O)[C@@H](N)CCC(=O)O)C(=O)N[C@@H](CCC(N)=O)C(=O)N[C@H](C(=O)N[C@@H](CC(C)C)C(=O)N[C@@H](CCC(=O)O)C(=O)N[C@@H](CC(=O)O)C(=O)N[C@@H](CO)C(=O)NCC(=O)N[C@@H](CCCN=C(N)N)C(=O)O)C(C)C. The zero-order valence-corrected chi connectivity index (χ0v) is 59.7. The number of primary amides is 2. The van der Waals surface area contributed by atoms with Crippen LogP contribution < -0.4 is 92.5 Å². The third kappa shape index (κ3) is 39.9. The molecule has 0 bridgehead atoms. The second kappa shape index (κ2) is 48.1. The Kier molecular flexibility index (Phi) is 43.2. The highest BCUT2D eigenvalue weighted by Gasteiger charge is 2.39. The smallest absolute Gasteiger partial charge is 0.326 e. The number of hydrogen-bond acceptors (Lipinski definition) is 22. The summed E-state index contributed by atoms with van der Waals surface area (Å²) in [4.78, 5) is 252. The van der Waals surface area contributed by atoms with Gasteiger partial charge in [-0.2, -0.15) is 0 Å². The summed E-state index contributed by atoms with van der Waals surface area (Å²) in [5, 5.41) is 85.0. The number of aliphatic hydroxyl groups excluding tert-OH is 1. The minimum atomic E-state index is -2.13. The van der Waals surface area contributed by atoms with Crippen molar-refractivity contribution in [1.82, 2.24) is 63.8 Å². The van der Waals surface area contributed by atoms with E-state index in [9.17, 15) is 117 Å². The lowest BCUT2D eigenvalue weighted by Crippen LogP contribution is -2.61. The minimum absolute atomic E-state index is 0.0197. The Balaban J connectivity index is 6.94. The van der Waals surface area contributed by atoms with Crippen molar-refractivity contribution < 1.29 is 122 Å². The normalized spacial score (nSPS) is 14.5. The number of nitrogens with one attached hydrogen (secondary N) is 12. The molecular formula is C62H104N18O25. The fourth-order valence-electron chi connectivity index (χ4n) is 9.66. The van der Waals surface area contributed by atoms with E-state index < -0.39 is 280 Å². The van der Waals surface area contributed by atoms with Crippen molar-refractivity contribution in [1.29, 1.82) is 0 Å². The Morgan fingerprint density at radius 2 is 0.686 bits per heavy atom. The molecule has 0 unspecified atom stereocenters. The molecular weight excluding hydrogens is 1400 g/mol. The third-order valence-electron chi connectivity index (χ3n) is 15.0. The van der Waals surface area contributed by atoms with Gasteiger partial charge >= 0.3 is 29.8 Å². The van der Waals surface area contributed by atoms with Crippen molar-refractivity contribution in [3.05, 3.63) is 0 Å². The number of aliphatic carboxylic acids is 5. The molecule has 28 N–H and O–H groups in total. The van der Waals surface area contributed by atoms with E-state index in [1.54, 1.807) is 41.5 Å². The molecule has 0 aliphatic carbocycles. The highest BCUT2D eigenvalue weighted by Crippen LogP contribution is 2.15. The van der Waals surface area contributed by atoms with Crippen LogP contribution in [0.4, 0.5) is 0 Å². The van der Waals surface area contributed by atoms with Crippen LogP contribution in [0.1, 0.15) is 152 Å². The molecule has 592 valence electrons. The topological polar surface area (TPSA) is 733 Å². The van der Waals surface area contributed by atoms with E-state index in [0.717, 1.165) is 0 Å². The second-order valence-corrected chi connectivity index (χ2v) is 26.2. The lowest BCUT2D eigenvalue weighted by atomic mass is 9.98. The molecule has 0 aliphatic rings. The lowest BCUT2D eigenvalue weighted by molar-refractivity contribution is -0.142. The van der Waals surface area contributed by atoms with Gasteiger partial charge in [0.15, 0.2) is 5.96 Å². The molecule has 105 heavy (non-hydrogen) atoms. The monoisotopic (exact) mass is 1500 g/mol. The molecule has 0 rings (SSSR count). The van der Waals surface area contributed by atoms with E-state index in [0.29, 0.717) is 0 Å². The summed E-state index contributed by atoms with van der Waals surface area (Å²) in [6, 6.07) is -20.7. The maximum atomic E-state index is 14.3. The predicted octanol–water partition coefficient (Wildman–Crippen LogP) is -8.10. The zero-order chi connectivity index (χ0) is 80.7. The van der Waals surface area contributed by atoms with Crippen LogP contribution in [0.5, 0.6) is 0 Å². The maximum absolute atomic E-state index is 14.3. The van der Waals surface area contributed by atoms with Crippen molar-refractivity contribution in [3.8, 4) is 0 Å². The first-order valence-electron chi connectivity index (χ1n) is 33.5. The van der Waals surface area contributed by atoms with Gasteiger partial charge in [0, 0.05) is 32.2 Å². The van der Waals surface area contributed by atoms with Crippen LogP contribution in [0.25, 0.3) is 0 Å². The average molecular weight is 1500 g/mol. The number of hydrogen-bond donors (Lipinski definition) is 23. The highest BCUT2D eigenvalue weighted by molar-refractivity contribution is 6.01. The molecule has 0 heterocycles. The van der Waals surface area contributed by atoms with Gasteiger partial charge in [-0.25, -0.2) is 4.79 Å². The van der Waals surface area contributed by atoms with Gasteiger partial charge in [0.05, 0.1) is 32.0 Å². The summed E-state index contributed by atoms with van der Waals surface area (Å²) < 4.78 is 0. The first-order chi connectivity index (χ1) is 48.8. The Morgan fingerprint density at radius 3 is 1.04 bits per heavy atom. The number of carbonyl (C=O) groups excluding carboxylic acids is 14. The third-order valence-corrected chi connectivity index (χ3v) is 15.0. The number of guanidine groups is 1. The summed E-state index contributed by atoms with van der Waals surface area (Å²) in [5.41, 5.74) is 27.0. The van der Waals surface area contributed by atoms with Gasteiger partial charge in [0.1, 0.15) is 66.5 Å². The lowest BCUT2D eigenvalue weighted by Gasteiger charge is -2.30. The van der Waals surface area contributed by atoms with Gasteiger partial charge in [-0.1, -0.05) is 55.4 Å². The zero-order valence-electron chi connectivity index (χ0n) is 59.7. The number of nitrogens with zero attached hydrogens (tertiary/aromatic N) is 1. The number of carboxylic acids is 5. The summed E-state index contributed by atoms with van der Waals surface area (Å²) in [6.45, 7) is 10.5. The van der Waals surface area contributed by atoms with E-state index >= 15 is 0 Å². The maximum Gasteiger partial charge on any atom is 0.326 e. The number of amides is 14. The van der Waals surface area contributed by atoms with Crippen molar-refractivity contribution in [2.45, 2.75) is 224 Å². The number of aliphatic hydroxyl groups is 1. The van der Waals surface area contributed by atoms with E-state index in [4.69, 9.17) is 33.8 Å². The molecule has 0 saturated carbocycles. The van der Waals surface area contributed by atoms with E-state index in [1.165, 1.54) is 13.8 Å². The summed E-state index contributed by atoms with van der Waals surface area (Å²) in [5.74, 6) is -26.1. The van der Waals surface area contributed by atoms with Crippen molar-refractivity contribution >= 4 is 119 Å². The molecule has 12 atom stereocenters. The van der Waals surface area contributed by atoms with Crippen LogP contribution in [0, 0.1) is 23.7 Å². The Hall–Kier alpha value is -10.9. The molecule has 0 aromatic heterocycles. The van der Waals surface area contributed by atoms with Crippen molar-refractivity contribution in [2.75, 3.05) is 19.7 Å². The standard InChI is InChI=1S/C62H104N18O25/c1-27(2)20-36(75-58(101)39(23-47(89)90)77-57(100)37(21-28(3)4)74-52(95)32(12-15-42(64)82)71-50(93)31(63)11-17-45(85)86)55(98)72-33(13-16-43(65)83)54(97)80-49(30(7)8)60(103)78-38(22-29(5)6)56(99)73-34(14-18-46(87)88)53(96)76-40(24-48(91)92)59(102)79-41(26-81)51(94)69-25-44(84)70-35(61(104)105)10-9-19-68-62(66)67/h27-41,49,81H,9-26,63H2,1-8H3,(H2,64,82)(H2,65,83)(H,69,94)(H,70,84)(H,71,93)(H,72,98)(H,73,99)(H,74,95)(H,75,101)(H,76,96)(H,77,100)(H,78,103)(H,79,102)(H,80,97)(H,85,86)(H,87,88)(H,89,90)(H,91,92)(H,104,105)(H4,66,67,68)/t31-,32-,33-,34-,35-,36-,37-,38-,39-,40-,41-,49-/m0/s1. The number of carbonyl (C=O) groups is 19. The van der Waals surface area contributed by atoms with E-state index in [-0.39, 0.29) is 51.0 Å². The van der Waals surface area contributed by atoms with Crippen LogP contribution in [0.2, 0.25) is 0 Å². The molecule has 0 aromatic carbocycles. The Bertz CT molecular complexity index is 3110. The summed E-state index contributed by atoms with van der Waals surface area (Å²) >= 11 is 0. The molecule has 0 radical (unpaired) electrons. The van der Waals surface area contributed by atoms with Crippen molar-refractivity contribution in [3.63, 3.8) is 0 Å². The van der Waals surface area contributed by atoms with Gasteiger partial charge in [0.2, 0.25) is 82.7 Å². The first kappa shape index (κ1) is 94.1. The van der Waals surface area contributed by atoms with Crippen LogP contribution >= 0.6 is 0 Å². The van der Waals surface area contributed by atoms with E-state index in [2.05, 4.69) is 63.5 Å². The molecule has 0 aromatic rings. The number of rotatable bonds is 53. The van der Waals surface area contributed by atoms with Gasteiger partial charge < -0.3 is 123 Å². The molecule has 14 amide bonds. The fourth-order valence-corrected chi connectivity index (χ4v) is 9.66. The van der Waals surface area contributed by atoms with Crippen molar-refractivity contribution in [2.24, 2.45) is 57.3 Å². The summed E-state index contributed by atoms with van der Waals surface area (Å²) in [6.07, 6.45) is -7.53. The number of nitrogens with two attached hydrogens (primary N) is 5. The minimum Gasteiger partial charge on any atom is -0.481 e. The fraction of sp³-hybridized carbons (Fsp3) is 0.677. The largest absolute Gasteiger partial charge is 0.481 e. The summed E-state index contributed by atoms with van der Waals surface area (Å²) in [7, 11) is 0. The van der Waals surface area contributed by atoms with Crippen LogP contribution in [-0.4, -0.2) is 241 Å². The van der Waals surface area contributed by atoms with Crippen LogP contribution in [0.3, 0.4) is 0 Å². The first-order valence-corrected chi connectivity index (χ1v) is 33.5. The van der Waals surface area contributed by atoms with Gasteiger partial charge in [0.25, 0.3) is 0 Å². The van der Waals surface area contributed by atoms with Gasteiger partial charge in [-0.3, -0.25) is 91.3 Å². The number of aliphatic imine (C=N–C) groups is 1. The highest BCUT2D eigenvalue weighted by atomic mass is 16.4. The van der Waals surface area contributed by atoms with Gasteiger partial charge in [-0.15, -0.1) is 0 Å². The van der Waals surface area contributed by atoms with Crippen LogP contribution in [0.15, 0.2) is 4.99 Å².